The number of imidazole rings is 1. The van der Waals surface area contributed by atoms with Gasteiger partial charge in [0.05, 0.1) is 23.5 Å². The van der Waals surface area contributed by atoms with Crippen molar-refractivity contribution in [3.63, 3.8) is 0 Å². The largest absolute Gasteiger partial charge is 0.347 e. The number of carbonyl (C=O) groups excluding carboxylic acids is 1. The average molecular weight is 282 g/mol. The number of nitrogens with one attached hydrogen (secondary N) is 2. The van der Waals surface area contributed by atoms with Crippen LogP contribution in [0.2, 0.25) is 5.15 Å². The van der Waals surface area contributed by atoms with Crippen LogP contribution in [0.25, 0.3) is 0 Å². The summed E-state index contributed by atoms with van der Waals surface area (Å²) in [5, 5.41) is 13.1. The predicted octanol–water partition coefficient (Wildman–Crippen LogP) is 1.30. The molecule has 0 radical (unpaired) electrons. The molecule has 0 spiro atoms. The minimum atomic E-state index is -0.736. The Balaban J connectivity index is 2.19. The van der Waals surface area contributed by atoms with Crippen molar-refractivity contribution in [2.24, 2.45) is 0 Å². The molecule has 9 heteroatoms. The second kappa shape index (κ2) is 5.44. The summed E-state index contributed by atoms with van der Waals surface area (Å²) < 4.78 is 0. The van der Waals surface area contributed by atoms with Gasteiger partial charge in [0.25, 0.3) is 5.91 Å². The monoisotopic (exact) mass is 281 g/mol. The zero-order chi connectivity index (χ0) is 13.8. The Hall–Kier alpha value is -2.48. The standard InChI is InChI=1S/C10H8ClN5O3/c11-9-8(16(18)19)7(1-2-13-9)10(17)14-4-6-3-12-5-15-6/h1-3,5H,4H2,(H,12,15)(H,14,17). The molecule has 0 aliphatic carbocycles. The second-order valence-corrected chi connectivity index (χ2v) is 3.87. The molecular formula is C10H8ClN5O3. The molecule has 0 fully saturated rings. The van der Waals surface area contributed by atoms with Crippen molar-refractivity contribution in [1.29, 1.82) is 0 Å². The third kappa shape index (κ3) is 2.86. The predicted molar refractivity (Wildman–Crippen MR) is 65.7 cm³/mol. The number of H-pyrrole nitrogens is 1. The lowest BCUT2D eigenvalue weighted by Gasteiger charge is -2.04. The van der Waals surface area contributed by atoms with Crippen LogP contribution in [0.5, 0.6) is 0 Å². The molecule has 0 saturated heterocycles. The van der Waals surface area contributed by atoms with E-state index in [-0.39, 0.29) is 17.3 Å². The van der Waals surface area contributed by atoms with Crippen molar-refractivity contribution in [3.05, 3.63) is 51.3 Å². The lowest BCUT2D eigenvalue weighted by Crippen LogP contribution is -2.24. The average Bonchev–Trinajstić information content (AvgIpc) is 2.88. The summed E-state index contributed by atoms with van der Waals surface area (Å²) >= 11 is 5.62. The highest BCUT2D eigenvalue weighted by molar-refractivity contribution is 6.32. The first-order chi connectivity index (χ1) is 9.09. The van der Waals surface area contributed by atoms with Crippen LogP contribution in [-0.4, -0.2) is 25.8 Å². The number of rotatable bonds is 4. The van der Waals surface area contributed by atoms with Gasteiger partial charge in [0, 0.05) is 12.4 Å². The van der Waals surface area contributed by atoms with Crippen LogP contribution in [0.3, 0.4) is 0 Å². The maximum Gasteiger partial charge on any atom is 0.319 e. The number of nitro groups is 1. The van der Waals surface area contributed by atoms with Crippen molar-refractivity contribution < 1.29 is 9.72 Å². The lowest BCUT2D eigenvalue weighted by atomic mass is 10.2. The van der Waals surface area contributed by atoms with Gasteiger partial charge in [0.1, 0.15) is 5.56 Å². The van der Waals surface area contributed by atoms with E-state index in [4.69, 9.17) is 11.6 Å². The fraction of sp³-hybridized carbons (Fsp3) is 0.100. The first kappa shape index (κ1) is 13.0. The number of nitrogens with zero attached hydrogens (tertiary/aromatic N) is 3. The molecular weight excluding hydrogens is 274 g/mol. The van der Waals surface area contributed by atoms with E-state index in [2.05, 4.69) is 20.3 Å². The van der Waals surface area contributed by atoms with Crippen molar-refractivity contribution in [2.75, 3.05) is 0 Å². The number of hydrogen-bond acceptors (Lipinski definition) is 5. The van der Waals surface area contributed by atoms with Gasteiger partial charge in [0.15, 0.2) is 0 Å². The van der Waals surface area contributed by atoms with Crippen molar-refractivity contribution in [2.45, 2.75) is 6.54 Å². The third-order valence-electron chi connectivity index (χ3n) is 2.30. The van der Waals surface area contributed by atoms with Gasteiger partial charge in [-0.15, -0.1) is 0 Å². The molecule has 98 valence electrons. The number of amides is 1. The number of hydrogen-bond donors (Lipinski definition) is 2. The smallest absolute Gasteiger partial charge is 0.319 e. The normalized spacial score (nSPS) is 10.2. The summed E-state index contributed by atoms with van der Waals surface area (Å²) in [6.45, 7) is 0.177. The first-order valence-electron chi connectivity index (χ1n) is 5.14. The van der Waals surface area contributed by atoms with E-state index in [1.165, 1.54) is 24.8 Å². The SMILES string of the molecule is O=C(NCc1cnc[nH]1)c1ccnc(Cl)c1[N+](=O)[O-]. The van der Waals surface area contributed by atoms with Crippen LogP contribution < -0.4 is 5.32 Å². The highest BCUT2D eigenvalue weighted by Gasteiger charge is 2.24. The molecule has 2 heterocycles. The zero-order valence-corrected chi connectivity index (χ0v) is 10.2. The molecule has 0 saturated carbocycles. The van der Waals surface area contributed by atoms with Crippen molar-refractivity contribution >= 4 is 23.2 Å². The van der Waals surface area contributed by atoms with Crippen molar-refractivity contribution in [1.82, 2.24) is 20.3 Å². The van der Waals surface area contributed by atoms with Gasteiger partial charge >= 0.3 is 5.69 Å². The highest BCUT2D eigenvalue weighted by atomic mass is 35.5. The number of pyridine rings is 1. The summed E-state index contributed by atoms with van der Waals surface area (Å²) in [5.74, 6) is -0.606. The van der Waals surface area contributed by atoms with Gasteiger partial charge < -0.3 is 10.3 Å². The Bertz CT molecular complexity index is 614. The van der Waals surface area contributed by atoms with Gasteiger partial charge in [-0.2, -0.15) is 0 Å². The van der Waals surface area contributed by atoms with Crippen LogP contribution in [0.4, 0.5) is 5.69 Å². The van der Waals surface area contributed by atoms with E-state index < -0.39 is 16.5 Å². The molecule has 19 heavy (non-hydrogen) atoms. The van der Waals surface area contributed by atoms with Crippen LogP contribution >= 0.6 is 11.6 Å². The Labute approximate surface area is 112 Å². The van der Waals surface area contributed by atoms with E-state index in [1.54, 1.807) is 0 Å². The van der Waals surface area contributed by atoms with Gasteiger partial charge in [0.2, 0.25) is 5.15 Å². The first-order valence-corrected chi connectivity index (χ1v) is 5.51. The number of aromatic amines is 1. The molecule has 0 aromatic carbocycles. The molecule has 8 nitrogen and oxygen atoms in total. The minimum absolute atomic E-state index is 0.135. The molecule has 0 bridgehead atoms. The van der Waals surface area contributed by atoms with Crippen LogP contribution in [0.15, 0.2) is 24.8 Å². The van der Waals surface area contributed by atoms with E-state index in [9.17, 15) is 14.9 Å². The maximum atomic E-state index is 11.9. The van der Waals surface area contributed by atoms with E-state index in [0.717, 1.165) is 0 Å². The topological polar surface area (TPSA) is 114 Å². The van der Waals surface area contributed by atoms with Gasteiger partial charge in [-0.05, 0) is 6.07 Å². The van der Waals surface area contributed by atoms with Crippen LogP contribution in [-0.2, 0) is 6.54 Å². The molecule has 1 amide bonds. The van der Waals surface area contributed by atoms with Gasteiger partial charge in [-0.25, -0.2) is 9.97 Å². The molecule has 0 aliphatic rings. The van der Waals surface area contributed by atoms with Gasteiger partial charge in [-0.3, -0.25) is 14.9 Å². The van der Waals surface area contributed by atoms with Gasteiger partial charge in [-0.1, -0.05) is 11.6 Å². The summed E-state index contributed by atoms with van der Waals surface area (Å²) in [4.78, 5) is 32.2. The number of halogens is 1. The lowest BCUT2D eigenvalue weighted by molar-refractivity contribution is -0.385. The van der Waals surface area contributed by atoms with E-state index in [1.807, 2.05) is 0 Å². The molecule has 0 unspecified atom stereocenters. The Morgan fingerprint density at radius 2 is 2.37 bits per heavy atom. The maximum absolute atomic E-state index is 11.9. The quantitative estimate of drug-likeness (QED) is 0.498. The Kier molecular flexibility index (Phi) is 3.71. The number of carbonyl (C=O) groups is 1. The van der Waals surface area contributed by atoms with E-state index >= 15 is 0 Å². The zero-order valence-electron chi connectivity index (χ0n) is 9.46. The highest BCUT2D eigenvalue weighted by Crippen LogP contribution is 2.25. The third-order valence-corrected chi connectivity index (χ3v) is 2.58. The fourth-order valence-corrected chi connectivity index (χ4v) is 1.66. The fourth-order valence-electron chi connectivity index (χ4n) is 1.44. The van der Waals surface area contributed by atoms with Crippen LogP contribution in [0.1, 0.15) is 16.1 Å². The van der Waals surface area contributed by atoms with Crippen LogP contribution in [0, 0.1) is 10.1 Å². The molecule has 2 rings (SSSR count). The molecule has 0 aliphatic heterocycles. The summed E-state index contributed by atoms with van der Waals surface area (Å²) in [6, 6.07) is 1.24. The molecule has 2 aromatic rings. The summed E-state index contributed by atoms with van der Waals surface area (Å²) in [6.07, 6.45) is 4.24. The van der Waals surface area contributed by atoms with Crippen molar-refractivity contribution in [3.8, 4) is 0 Å². The second-order valence-electron chi connectivity index (χ2n) is 3.51. The Morgan fingerprint density at radius 1 is 1.58 bits per heavy atom. The summed E-state index contributed by atoms with van der Waals surface area (Å²) in [5.41, 5.74) is 0.0342. The number of aromatic nitrogens is 3. The molecule has 2 N–H and O–H groups in total. The summed E-state index contributed by atoms with van der Waals surface area (Å²) in [7, 11) is 0. The minimum Gasteiger partial charge on any atom is -0.347 e. The van der Waals surface area contributed by atoms with E-state index in [0.29, 0.717) is 5.69 Å². The molecule has 2 aromatic heterocycles. The Morgan fingerprint density at radius 3 is 3.00 bits per heavy atom. The molecule has 0 atom stereocenters.